The fourth-order valence-electron chi connectivity index (χ4n) is 2.83. The summed E-state index contributed by atoms with van der Waals surface area (Å²) in [6.07, 6.45) is 3.57. The third-order valence-electron chi connectivity index (χ3n) is 4.04. The minimum Gasteiger partial charge on any atom is -0.444 e. The van der Waals surface area contributed by atoms with Gasteiger partial charge in [-0.2, -0.15) is 0 Å². The van der Waals surface area contributed by atoms with Gasteiger partial charge in [-0.1, -0.05) is 0 Å². The first kappa shape index (κ1) is 21.5. The molecule has 0 saturated carbocycles. The summed E-state index contributed by atoms with van der Waals surface area (Å²) >= 11 is 0. The number of hydrogen-bond acceptors (Lipinski definition) is 5. The minimum atomic E-state index is -0.514. The Morgan fingerprint density at radius 1 is 1.32 bits per heavy atom. The monoisotopic (exact) mass is 390 g/mol. The summed E-state index contributed by atoms with van der Waals surface area (Å²) in [6, 6.07) is 3.46. The molecule has 0 radical (unpaired) electrons. The second-order valence-corrected chi connectivity index (χ2v) is 7.55. The first-order chi connectivity index (χ1) is 13.3. The van der Waals surface area contributed by atoms with Gasteiger partial charge in [-0.15, -0.1) is 0 Å². The van der Waals surface area contributed by atoms with E-state index in [1.54, 1.807) is 25.4 Å². The van der Waals surface area contributed by atoms with Gasteiger partial charge in [0.05, 0.1) is 11.6 Å². The van der Waals surface area contributed by atoms with Crippen LogP contribution in [0.2, 0.25) is 0 Å². The third kappa shape index (κ3) is 7.05. The van der Waals surface area contributed by atoms with Gasteiger partial charge in [0, 0.05) is 45.6 Å². The molecule has 0 aromatic carbocycles. The highest BCUT2D eigenvalue weighted by Crippen LogP contribution is 2.11. The minimum absolute atomic E-state index is 0.0127. The number of pyridine rings is 1. The maximum atomic E-state index is 12.0. The lowest BCUT2D eigenvalue weighted by molar-refractivity contribution is 0.0507. The molecule has 1 aromatic heterocycles. The molecule has 0 aliphatic carbocycles. The van der Waals surface area contributed by atoms with Crippen molar-refractivity contribution in [2.75, 3.05) is 33.2 Å². The maximum Gasteiger partial charge on any atom is 0.407 e. The predicted octanol–water partition coefficient (Wildman–Crippen LogP) is 0.986. The third-order valence-corrected chi connectivity index (χ3v) is 4.04. The summed E-state index contributed by atoms with van der Waals surface area (Å²) in [5, 5.41) is 8.97. The molecule has 0 spiro atoms. The van der Waals surface area contributed by atoms with Gasteiger partial charge in [0.15, 0.2) is 5.96 Å². The lowest BCUT2D eigenvalue weighted by Crippen LogP contribution is -2.45. The summed E-state index contributed by atoms with van der Waals surface area (Å²) in [4.78, 5) is 34.2. The van der Waals surface area contributed by atoms with Gasteiger partial charge in [0.25, 0.3) is 5.91 Å². The Balaban J connectivity index is 1.71. The van der Waals surface area contributed by atoms with Crippen molar-refractivity contribution < 1.29 is 14.3 Å². The number of aliphatic imine (C=N–C) groups is 1. The summed E-state index contributed by atoms with van der Waals surface area (Å²) in [7, 11) is 1.71. The number of ether oxygens (including phenoxy) is 1. The lowest BCUT2D eigenvalue weighted by atomic mass is 10.2. The molecule has 1 saturated heterocycles. The van der Waals surface area contributed by atoms with Gasteiger partial charge >= 0.3 is 6.09 Å². The second kappa shape index (κ2) is 9.91. The maximum absolute atomic E-state index is 12.0. The molecule has 0 bridgehead atoms. The van der Waals surface area contributed by atoms with Crippen LogP contribution in [0, 0.1) is 0 Å². The smallest absolute Gasteiger partial charge is 0.407 e. The van der Waals surface area contributed by atoms with Gasteiger partial charge < -0.3 is 25.6 Å². The van der Waals surface area contributed by atoms with Crippen LogP contribution in [0.1, 0.15) is 37.6 Å². The zero-order valence-corrected chi connectivity index (χ0v) is 17.0. The molecular weight excluding hydrogens is 360 g/mol. The molecule has 1 atom stereocenters. The van der Waals surface area contributed by atoms with E-state index in [9.17, 15) is 9.59 Å². The Morgan fingerprint density at radius 3 is 2.71 bits per heavy atom. The fourth-order valence-corrected chi connectivity index (χ4v) is 2.83. The van der Waals surface area contributed by atoms with Gasteiger partial charge in [-0.05, 0) is 39.3 Å². The van der Waals surface area contributed by atoms with E-state index in [1.807, 2.05) is 20.8 Å². The quantitative estimate of drug-likeness (QED) is 0.393. The summed E-state index contributed by atoms with van der Waals surface area (Å²) in [6.45, 7) is 7.95. The zero-order chi connectivity index (χ0) is 20.6. The Bertz CT molecular complexity index is 687. The molecule has 2 heterocycles. The number of carbonyl (C=O) groups is 2. The predicted molar refractivity (Wildman–Crippen MR) is 107 cm³/mol. The Morgan fingerprint density at radius 2 is 2.07 bits per heavy atom. The van der Waals surface area contributed by atoms with E-state index >= 15 is 0 Å². The van der Waals surface area contributed by atoms with Crippen molar-refractivity contribution in [3.8, 4) is 0 Å². The van der Waals surface area contributed by atoms with Crippen LogP contribution in [0.3, 0.4) is 0 Å². The van der Waals surface area contributed by atoms with Gasteiger partial charge in [0.1, 0.15) is 5.60 Å². The summed E-state index contributed by atoms with van der Waals surface area (Å²) in [5.41, 5.74) is 0.0164. The number of likely N-dealkylation sites (tertiary alicyclic amines) is 1. The number of guanidine groups is 1. The van der Waals surface area contributed by atoms with E-state index < -0.39 is 11.7 Å². The number of nitrogens with zero attached hydrogens (tertiary/aromatic N) is 3. The van der Waals surface area contributed by atoms with Crippen molar-refractivity contribution in [2.24, 2.45) is 4.99 Å². The van der Waals surface area contributed by atoms with E-state index in [4.69, 9.17) is 4.74 Å². The molecule has 3 N–H and O–H groups in total. The second-order valence-electron chi connectivity index (χ2n) is 7.55. The van der Waals surface area contributed by atoms with Crippen molar-refractivity contribution in [3.63, 3.8) is 0 Å². The van der Waals surface area contributed by atoms with E-state index in [0.717, 1.165) is 18.9 Å². The largest absolute Gasteiger partial charge is 0.444 e. The SMILES string of the molecule is CN=C(NCCNC(=O)c1cccnc1)N1CCC(NC(=O)OC(C)(C)C)C1. The number of carbonyl (C=O) groups excluding carboxylic acids is 2. The molecule has 154 valence electrons. The van der Waals surface area contributed by atoms with Gasteiger partial charge in [-0.3, -0.25) is 14.8 Å². The molecule has 2 rings (SSSR count). The summed E-state index contributed by atoms with van der Waals surface area (Å²) in [5.74, 6) is 0.580. The van der Waals surface area contributed by atoms with Crippen LogP contribution in [0.15, 0.2) is 29.5 Å². The fraction of sp³-hybridized carbons (Fsp3) is 0.579. The van der Waals surface area contributed by atoms with Crippen LogP contribution in [-0.4, -0.2) is 72.7 Å². The van der Waals surface area contributed by atoms with Crippen LogP contribution >= 0.6 is 0 Å². The molecule has 9 nitrogen and oxygen atoms in total. The highest BCUT2D eigenvalue weighted by Gasteiger charge is 2.27. The molecule has 1 aliphatic heterocycles. The highest BCUT2D eigenvalue weighted by atomic mass is 16.6. The zero-order valence-electron chi connectivity index (χ0n) is 17.0. The van der Waals surface area contributed by atoms with Crippen LogP contribution in [0.5, 0.6) is 0 Å². The topological polar surface area (TPSA) is 108 Å². The van der Waals surface area contributed by atoms with Crippen molar-refractivity contribution in [1.82, 2.24) is 25.8 Å². The van der Waals surface area contributed by atoms with Crippen molar-refractivity contribution in [2.45, 2.75) is 38.8 Å². The summed E-state index contributed by atoms with van der Waals surface area (Å²) < 4.78 is 5.30. The Hall–Kier alpha value is -2.84. The first-order valence-electron chi connectivity index (χ1n) is 9.42. The molecule has 28 heavy (non-hydrogen) atoms. The number of aromatic nitrogens is 1. The van der Waals surface area contributed by atoms with E-state index in [-0.39, 0.29) is 11.9 Å². The van der Waals surface area contributed by atoms with Gasteiger partial charge in [-0.25, -0.2) is 4.79 Å². The van der Waals surface area contributed by atoms with E-state index in [0.29, 0.717) is 25.2 Å². The lowest BCUT2D eigenvalue weighted by Gasteiger charge is -2.23. The molecule has 2 amide bonds. The molecule has 1 aliphatic rings. The highest BCUT2D eigenvalue weighted by molar-refractivity contribution is 5.93. The van der Waals surface area contributed by atoms with E-state index in [1.165, 1.54) is 6.20 Å². The number of nitrogens with one attached hydrogen (secondary N) is 3. The van der Waals surface area contributed by atoms with Crippen molar-refractivity contribution in [1.29, 1.82) is 0 Å². The number of amides is 2. The van der Waals surface area contributed by atoms with Crippen molar-refractivity contribution >= 4 is 18.0 Å². The average Bonchev–Trinajstić information content (AvgIpc) is 3.08. The Labute approximate surface area is 165 Å². The molecule has 9 heteroatoms. The molecule has 1 fully saturated rings. The van der Waals surface area contributed by atoms with Crippen molar-refractivity contribution in [3.05, 3.63) is 30.1 Å². The van der Waals surface area contributed by atoms with Crippen LogP contribution in [0.25, 0.3) is 0 Å². The molecule has 1 aromatic rings. The van der Waals surface area contributed by atoms with Crippen LogP contribution in [-0.2, 0) is 4.74 Å². The molecular formula is C19H30N6O3. The standard InChI is InChI=1S/C19H30N6O3/c1-19(2,3)28-18(27)24-15-7-11-25(13-15)17(20-4)23-10-9-22-16(26)14-6-5-8-21-12-14/h5-6,8,12,15H,7,9-11,13H2,1-4H3,(H,20,23)(H,22,26)(H,24,27). The normalized spacial score (nSPS) is 17.2. The Kier molecular flexibility index (Phi) is 7.60. The van der Waals surface area contributed by atoms with E-state index in [2.05, 4.69) is 30.8 Å². The van der Waals surface area contributed by atoms with Gasteiger partial charge in [0.2, 0.25) is 0 Å². The average molecular weight is 390 g/mol. The molecule has 1 unspecified atom stereocenters. The van der Waals surface area contributed by atoms with Crippen LogP contribution in [0.4, 0.5) is 4.79 Å². The first-order valence-corrected chi connectivity index (χ1v) is 9.42. The number of rotatable bonds is 5. The number of hydrogen-bond donors (Lipinski definition) is 3. The van der Waals surface area contributed by atoms with Crippen LogP contribution < -0.4 is 16.0 Å². The number of alkyl carbamates (subject to hydrolysis) is 1.